The standard InChI is InChI=1S/C72H132NO8P/c1-6-8-10-12-14-16-18-20-22-24-26-27-28-29-30-31-32-33-34-35-36-37-38-39-40-41-42-43-44-45-47-49-51-53-55-57-59-61-63-65-72(75)81-70(69-80-82(76,77)79-67-66-73(3,4)5)68-78-71(74)64-62-60-58-56-54-52-50-48-46-25-23-21-19-17-15-13-11-9-7-2/h15,17-18,20-21,23-24,26,28-29,46,48,70H,6-14,16,19,22,25,27,30-45,47,49-69H2,1-5H3/b17-15-,20-18-,23-21-,26-24-,29-28-,48-46-. The molecule has 0 saturated carbocycles. The first-order valence-electron chi connectivity index (χ1n) is 34.6. The average molecular weight is 1170 g/mol. The first-order valence-corrected chi connectivity index (χ1v) is 36.1. The van der Waals surface area contributed by atoms with Gasteiger partial charge in [0.15, 0.2) is 6.10 Å². The molecule has 0 spiro atoms. The Morgan fingerprint density at radius 2 is 0.659 bits per heavy atom. The molecular weight excluding hydrogens is 1040 g/mol. The van der Waals surface area contributed by atoms with Crippen molar-refractivity contribution >= 4 is 19.8 Å². The van der Waals surface area contributed by atoms with Crippen LogP contribution in [0.3, 0.4) is 0 Å². The lowest BCUT2D eigenvalue weighted by Gasteiger charge is -2.28. The fourth-order valence-electron chi connectivity index (χ4n) is 9.85. The molecule has 0 saturated heterocycles. The van der Waals surface area contributed by atoms with Gasteiger partial charge in [-0.05, 0) is 89.9 Å². The second-order valence-corrected chi connectivity index (χ2v) is 25.9. The highest BCUT2D eigenvalue weighted by Crippen LogP contribution is 2.38. The maximum atomic E-state index is 12.8. The third-order valence-corrected chi connectivity index (χ3v) is 16.2. The number of esters is 2. The third-order valence-electron chi connectivity index (χ3n) is 15.2. The van der Waals surface area contributed by atoms with E-state index in [1.54, 1.807) is 0 Å². The number of carbonyl (C=O) groups is 2. The zero-order valence-corrected chi connectivity index (χ0v) is 55.3. The van der Waals surface area contributed by atoms with Crippen LogP contribution in [0.2, 0.25) is 0 Å². The van der Waals surface area contributed by atoms with Gasteiger partial charge in [0.1, 0.15) is 19.8 Å². The van der Waals surface area contributed by atoms with Crippen molar-refractivity contribution in [3.05, 3.63) is 72.9 Å². The van der Waals surface area contributed by atoms with Crippen LogP contribution in [0.25, 0.3) is 0 Å². The number of rotatable bonds is 64. The molecule has 0 fully saturated rings. The summed E-state index contributed by atoms with van der Waals surface area (Å²) in [6.45, 7) is 4.22. The molecule has 2 unspecified atom stereocenters. The van der Waals surface area contributed by atoms with Gasteiger partial charge in [0, 0.05) is 12.8 Å². The summed E-state index contributed by atoms with van der Waals surface area (Å²) in [6, 6.07) is 0. The van der Waals surface area contributed by atoms with Crippen LogP contribution in [0.5, 0.6) is 0 Å². The van der Waals surface area contributed by atoms with Gasteiger partial charge in [0.25, 0.3) is 7.82 Å². The lowest BCUT2D eigenvalue weighted by Crippen LogP contribution is -2.37. The fraction of sp³-hybridized carbons (Fsp3) is 0.806. The lowest BCUT2D eigenvalue weighted by atomic mass is 10.0. The van der Waals surface area contributed by atoms with E-state index in [1.807, 2.05) is 21.1 Å². The summed E-state index contributed by atoms with van der Waals surface area (Å²) in [4.78, 5) is 38.0. The van der Waals surface area contributed by atoms with Gasteiger partial charge in [-0.2, -0.15) is 0 Å². The molecular formula is C72H132NO8P. The molecule has 478 valence electrons. The molecule has 0 aromatic heterocycles. The van der Waals surface area contributed by atoms with E-state index in [4.69, 9.17) is 18.5 Å². The van der Waals surface area contributed by atoms with Crippen LogP contribution < -0.4 is 4.89 Å². The van der Waals surface area contributed by atoms with Gasteiger partial charge >= 0.3 is 11.9 Å². The van der Waals surface area contributed by atoms with Gasteiger partial charge in [-0.15, -0.1) is 0 Å². The van der Waals surface area contributed by atoms with Crippen LogP contribution in [0.15, 0.2) is 72.9 Å². The van der Waals surface area contributed by atoms with Crippen LogP contribution in [-0.2, 0) is 32.7 Å². The molecule has 0 heterocycles. The number of nitrogens with zero attached hydrogens (tertiary/aromatic N) is 1. The summed E-state index contributed by atoms with van der Waals surface area (Å²) < 4.78 is 34.2. The Morgan fingerprint density at radius 3 is 1.00 bits per heavy atom. The second kappa shape index (κ2) is 63.0. The number of unbranched alkanes of at least 4 members (excludes halogenated alkanes) is 38. The molecule has 0 aromatic rings. The van der Waals surface area contributed by atoms with Crippen LogP contribution in [0.1, 0.15) is 322 Å². The summed E-state index contributed by atoms with van der Waals surface area (Å²) in [5, 5.41) is 0. The number of phosphoric acid groups is 1. The van der Waals surface area contributed by atoms with Crippen molar-refractivity contribution in [1.29, 1.82) is 0 Å². The van der Waals surface area contributed by atoms with Crippen LogP contribution in [0, 0.1) is 0 Å². The molecule has 2 atom stereocenters. The third kappa shape index (κ3) is 66.6. The van der Waals surface area contributed by atoms with E-state index in [9.17, 15) is 19.0 Å². The van der Waals surface area contributed by atoms with Crippen LogP contribution in [-0.4, -0.2) is 70.0 Å². The zero-order chi connectivity index (χ0) is 59.8. The van der Waals surface area contributed by atoms with Gasteiger partial charge in [0.2, 0.25) is 0 Å². The molecule has 0 aliphatic carbocycles. The number of carbonyl (C=O) groups excluding carboxylic acids is 2. The summed E-state index contributed by atoms with van der Waals surface area (Å²) in [6.07, 6.45) is 84.2. The minimum Gasteiger partial charge on any atom is -0.756 e. The first-order chi connectivity index (χ1) is 40.0. The Kier molecular flexibility index (Phi) is 61.0. The molecule has 0 aliphatic heterocycles. The van der Waals surface area contributed by atoms with Crippen molar-refractivity contribution in [2.75, 3.05) is 47.5 Å². The monoisotopic (exact) mass is 1170 g/mol. The number of allylic oxidation sites excluding steroid dienone is 12. The van der Waals surface area contributed by atoms with Crippen LogP contribution in [0.4, 0.5) is 0 Å². The van der Waals surface area contributed by atoms with Gasteiger partial charge in [0.05, 0.1) is 27.7 Å². The second-order valence-electron chi connectivity index (χ2n) is 24.5. The predicted molar refractivity (Wildman–Crippen MR) is 351 cm³/mol. The maximum absolute atomic E-state index is 12.8. The van der Waals surface area contributed by atoms with Gasteiger partial charge in [-0.3, -0.25) is 14.2 Å². The molecule has 10 heteroatoms. The average Bonchev–Trinajstić information content (AvgIpc) is 3.44. The highest BCUT2D eigenvalue weighted by atomic mass is 31.2. The lowest BCUT2D eigenvalue weighted by molar-refractivity contribution is -0.870. The number of hydrogen-bond donors (Lipinski definition) is 0. The van der Waals surface area contributed by atoms with E-state index >= 15 is 0 Å². The van der Waals surface area contributed by atoms with E-state index in [1.165, 1.54) is 212 Å². The van der Waals surface area contributed by atoms with E-state index in [2.05, 4.69) is 86.8 Å². The minimum atomic E-state index is -4.64. The summed E-state index contributed by atoms with van der Waals surface area (Å²) >= 11 is 0. The minimum absolute atomic E-state index is 0.0337. The van der Waals surface area contributed by atoms with E-state index in [0.717, 1.165) is 70.6 Å². The SMILES string of the molecule is CCCCC/C=C\C/C=C\C/C=C\CCCCCCCCC(=O)OCC(COP(=O)([O-])OCC[N+](C)(C)C)OC(=O)CCCCCCCCCCCCCCCCCCCCCCCCCC/C=C\C/C=C\C/C=C\CCCCCCC. The molecule has 0 rings (SSSR count). The number of quaternary nitrogens is 1. The van der Waals surface area contributed by atoms with Gasteiger partial charge in [-0.1, -0.05) is 292 Å². The van der Waals surface area contributed by atoms with Crippen molar-refractivity contribution in [1.82, 2.24) is 0 Å². The number of ether oxygens (including phenoxy) is 2. The fourth-order valence-corrected chi connectivity index (χ4v) is 10.6. The summed E-state index contributed by atoms with van der Waals surface area (Å²) in [5.41, 5.74) is 0. The highest BCUT2D eigenvalue weighted by molar-refractivity contribution is 7.45. The molecule has 0 amide bonds. The van der Waals surface area contributed by atoms with Crippen molar-refractivity contribution in [3.8, 4) is 0 Å². The molecule has 0 N–H and O–H groups in total. The Bertz CT molecular complexity index is 1610. The molecule has 0 bridgehead atoms. The molecule has 0 aromatic carbocycles. The number of phosphoric ester groups is 1. The quantitative estimate of drug-likeness (QED) is 0.0195. The van der Waals surface area contributed by atoms with Crippen molar-refractivity contribution < 1.29 is 42.1 Å². The summed E-state index contributed by atoms with van der Waals surface area (Å²) in [5.74, 6) is -0.837. The largest absolute Gasteiger partial charge is 0.756 e. The Hall–Kier alpha value is -2.55. The van der Waals surface area contributed by atoms with E-state index < -0.39 is 32.5 Å². The van der Waals surface area contributed by atoms with Gasteiger partial charge < -0.3 is 27.9 Å². The topological polar surface area (TPSA) is 111 Å². The smallest absolute Gasteiger partial charge is 0.306 e. The van der Waals surface area contributed by atoms with Crippen molar-refractivity contribution in [3.63, 3.8) is 0 Å². The maximum Gasteiger partial charge on any atom is 0.306 e. The van der Waals surface area contributed by atoms with Crippen molar-refractivity contribution in [2.45, 2.75) is 328 Å². The molecule has 0 radical (unpaired) electrons. The normalized spacial score (nSPS) is 13.6. The van der Waals surface area contributed by atoms with E-state index in [-0.39, 0.29) is 26.1 Å². The van der Waals surface area contributed by atoms with E-state index in [0.29, 0.717) is 23.9 Å². The summed E-state index contributed by atoms with van der Waals surface area (Å²) in [7, 11) is 1.16. The molecule has 82 heavy (non-hydrogen) atoms. The predicted octanol–water partition coefficient (Wildman–Crippen LogP) is 21.8. The van der Waals surface area contributed by atoms with Gasteiger partial charge in [-0.25, -0.2) is 0 Å². The Labute approximate surface area is 508 Å². The number of hydrogen-bond acceptors (Lipinski definition) is 8. The molecule has 0 aliphatic rings. The van der Waals surface area contributed by atoms with Crippen LogP contribution >= 0.6 is 7.82 Å². The first kappa shape index (κ1) is 79.5. The zero-order valence-electron chi connectivity index (χ0n) is 54.4. The van der Waals surface area contributed by atoms with Crippen molar-refractivity contribution in [2.24, 2.45) is 0 Å². The Morgan fingerprint density at radius 1 is 0.378 bits per heavy atom. The number of likely N-dealkylation sites (N-methyl/N-ethyl adjacent to an activating group) is 1. The molecule has 9 nitrogen and oxygen atoms in total. The highest BCUT2D eigenvalue weighted by Gasteiger charge is 2.22. The Balaban J connectivity index is 3.95.